The lowest BCUT2D eigenvalue weighted by molar-refractivity contribution is -0.0276. The van der Waals surface area contributed by atoms with Gasteiger partial charge in [0.1, 0.15) is 0 Å². The Kier molecular flexibility index (Phi) is 4.71. The first-order chi connectivity index (χ1) is 9.37. The minimum atomic E-state index is -0.0516. The van der Waals surface area contributed by atoms with E-state index in [1.54, 1.807) is 0 Å². The summed E-state index contributed by atoms with van der Waals surface area (Å²) in [6.45, 7) is 14.6. The summed E-state index contributed by atoms with van der Waals surface area (Å²) in [5.74, 6) is 0. The summed E-state index contributed by atoms with van der Waals surface area (Å²) in [5.41, 5.74) is 4.01. The van der Waals surface area contributed by atoms with Gasteiger partial charge in [-0.2, -0.15) is 0 Å². The molecule has 1 aliphatic rings. The summed E-state index contributed by atoms with van der Waals surface area (Å²) in [6, 6.07) is 7.32. The molecule has 0 spiro atoms. The highest BCUT2D eigenvalue weighted by molar-refractivity contribution is 5.51. The first kappa shape index (κ1) is 15.3. The standard InChI is InChI=1S/C17H28N2O/c1-13(2)18-11-15-6-7-16(10-14(15)3)19-8-9-20-17(4,5)12-19/h6-7,10,13,18H,8-9,11-12H2,1-5H3. The van der Waals surface area contributed by atoms with E-state index in [0.29, 0.717) is 6.04 Å². The van der Waals surface area contributed by atoms with Crippen LogP contribution in [-0.2, 0) is 11.3 Å². The lowest BCUT2D eigenvalue weighted by Gasteiger charge is -2.39. The predicted molar refractivity (Wildman–Crippen MR) is 85.4 cm³/mol. The Morgan fingerprint density at radius 3 is 2.70 bits per heavy atom. The SMILES string of the molecule is Cc1cc(N2CCOC(C)(C)C2)ccc1CNC(C)C. The third-order valence-corrected chi connectivity index (χ3v) is 3.82. The molecule has 0 unspecified atom stereocenters. The number of rotatable bonds is 4. The van der Waals surface area contributed by atoms with E-state index in [2.05, 4.69) is 63.0 Å². The molecule has 1 aromatic carbocycles. The molecule has 0 atom stereocenters. The van der Waals surface area contributed by atoms with Crippen molar-refractivity contribution in [2.45, 2.75) is 52.8 Å². The number of aryl methyl sites for hydroxylation is 1. The van der Waals surface area contributed by atoms with Crippen molar-refractivity contribution in [2.75, 3.05) is 24.6 Å². The molecule has 0 radical (unpaired) electrons. The molecule has 20 heavy (non-hydrogen) atoms. The third kappa shape index (κ3) is 3.97. The zero-order valence-electron chi connectivity index (χ0n) is 13.5. The van der Waals surface area contributed by atoms with Gasteiger partial charge in [-0.15, -0.1) is 0 Å². The zero-order chi connectivity index (χ0) is 14.8. The van der Waals surface area contributed by atoms with Crippen LogP contribution in [-0.4, -0.2) is 31.3 Å². The van der Waals surface area contributed by atoms with Gasteiger partial charge in [-0.05, 0) is 44.0 Å². The molecule has 0 amide bonds. The number of morpholine rings is 1. The molecular formula is C17H28N2O. The molecule has 1 heterocycles. The predicted octanol–water partition coefficient (Wildman–Crippen LogP) is 3.11. The molecule has 0 bridgehead atoms. The van der Waals surface area contributed by atoms with Crippen LogP contribution >= 0.6 is 0 Å². The monoisotopic (exact) mass is 276 g/mol. The van der Waals surface area contributed by atoms with Crippen molar-refractivity contribution in [2.24, 2.45) is 0 Å². The van der Waals surface area contributed by atoms with Gasteiger partial charge in [0.25, 0.3) is 0 Å². The van der Waals surface area contributed by atoms with E-state index in [1.165, 1.54) is 16.8 Å². The number of nitrogens with zero attached hydrogens (tertiary/aromatic N) is 1. The maximum absolute atomic E-state index is 5.78. The van der Waals surface area contributed by atoms with Crippen molar-refractivity contribution in [1.82, 2.24) is 5.32 Å². The van der Waals surface area contributed by atoms with Crippen LogP contribution in [0.15, 0.2) is 18.2 Å². The molecule has 1 aliphatic heterocycles. The summed E-state index contributed by atoms with van der Waals surface area (Å²) in [5, 5.41) is 3.48. The second-order valence-corrected chi connectivity index (χ2v) is 6.68. The number of hydrogen-bond acceptors (Lipinski definition) is 3. The average molecular weight is 276 g/mol. The highest BCUT2D eigenvalue weighted by Crippen LogP contribution is 2.25. The number of anilines is 1. The van der Waals surface area contributed by atoms with Gasteiger partial charge >= 0.3 is 0 Å². The molecule has 2 rings (SSSR count). The average Bonchev–Trinajstić information content (AvgIpc) is 2.36. The third-order valence-electron chi connectivity index (χ3n) is 3.82. The number of hydrogen-bond donors (Lipinski definition) is 1. The lowest BCUT2D eigenvalue weighted by atomic mass is 10.0. The van der Waals surface area contributed by atoms with Crippen LogP contribution in [0.25, 0.3) is 0 Å². The van der Waals surface area contributed by atoms with Gasteiger partial charge in [0.05, 0.1) is 12.2 Å². The Morgan fingerprint density at radius 1 is 1.35 bits per heavy atom. The molecule has 0 aliphatic carbocycles. The fraction of sp³-hybridized carbons (Fsp3) is 0.647. The molecule has 1 saturated heterocycles. The van der Waals surface area contributed by atoms with E-state index in [0.717, 1.165) is 26.2 Å². The van der Waals surface area contributed by atoms with Gasteiger partial charge in [0, 0.05) is 31.4 Å². The second-order valence-electron chi connectivity index (χ2n) is 6.68. The van der Waals surface area contributed by atoms with E-state index >= 15 is 0 Å². The number of nitrogens with one attached hydrogen (secondary N) is 1. The normalized spacial score (nSPS) is 18.6. The highest BCUT2D eigenvalue weighted by Gasteiger charge is 2.27. The van der Waals surface area contributed by atoms with Crippen molar-refractivity contribution in [3.05, 3.63) is 29.3 Å². The number of benzene rings is 1. The van der Waals surface area contributed by atoms with Crippen molar-refractivity contribution < 1.29 is 4.74 Å². The number of ether oxygens (including phenoxy) is 1. The van der Waals surface area contributed by atoms with Gasteiger partial charge in [-0.25, -0.2) is 0 Å². The van der Waals surface area contributed by atoms with E-state index in [4.69, 9.17) is 4.74 Å². The Bertz CT molecular complexity index is 454. The molecule has 0 saturated carbocycles. The topological polar surface area (TPSA) is 24.5 Å². The van der Waals surface area contributed by atoms with Crippen LogP contribution in [0.1, 0.15) is 38.8 Å². The smallest absolute Gasteiger partial charge is 0.0801 e. The van der Waals surface area contributed by atoms with E-state index in [-0.39, 0.29) is 5.60 Å². The van der Waals surface area contributed by atoms with Crippen molar-refractivity contribution in [3.8, 4) is 0 Å². The Morgan fingerprint density at radius 2 is 2.10 bits per heavy atom. The molecular weight excluding hydrogens is 248 g/mol. The van der Waals surface area contributed by atoms with Gasteiger partial charge in [-0.1, -0.05) is 19.9 Å². The first-order valence-electron chi connectivity index (χ1n) is 7.59. The van der Waals surface area contributed by atoms with Crippen LogP contribution < -0.4 is 10.2 Å². The molecule has 1 N–H and O–H groups in total. The Balaban J connectivity index is 2.08. The summed E-state index contributed by atoms with van der Waals surface area (Å²) >= 11 is 0. The molecule has 3 heteroatoms. The summed E-state index contributed by atoms with van der Waals surface area (Å²) in [6.07, 6.45) is 0. The van der Waals surface area contributed by atoms with Crippen molar-refractivity contribution >= 4 is 5.69 Å². The van der Waals surface area contributed by atoms with Gasteiger partial charge in [0.2, 0.25) is 0 Å². The summed E-state index contributed by atoms with van der Waals surface area (Å²) in [7, 11) is 0. The molecule has 112 valence electrons. The quantitative estimate of drug-likeness (QED) is 0.914. The van der Waals surface area contributed by atoms with Crippen LogP contribution in [0, 0.1) is 6.92 Å². The zero-order valence-corrected chi connectivity index (χ0v) is 13.5. The minimum Gasteiger partial charge on any atom is -0.372 e. The van der Waals surface area contributed by atoms with Gasteiger partial charge < -0.3 is 15.0 Å². The van der Waals surface area contributed by atoms with Crippen molar-refractivity contribution in [3.63, 3.8) is 0 Å². The van der Waals surface area contributed by atoms with Crippen LogP contribution in [0.4, 0.5) is 5.69 Å². The van der Waals surface area contributed by atoms with Crippen LogP contribution in [0.2, 0.25) is 0 Å². The molecule has 3 nitrogen and oxygen atoms in total. The van der Waals surface area contributed by atoms with Crippen molar-refractivity contribution in [1.29, 1.82) is 0 Å². The fourth-order valence-corrected chi connectivity index (χ4v) is 2.63. The minimum absolute atomic E-state index is 0.0516. The maximum atomic E-state index is 5.78. The Labute approximate surface area is 123 Å². The molecule has 0 aromatic heterocycles. The maximum Gasteiger partial charge on any atom is 0.0801 e. The summed E-state index contributed by atoms with van der Waals surface area (Å²) in [4.78, 5) is 2.43. The first-order valence-corrected chi connectivity index (χ1v) is 7.59. The molecule has 1 fully saturated rings. The van der Waals surface area contributed by atoms with Crippen LogP contribution in [0.5, 0.6) is 0 Å². The lowest BCUT2D eigenvalue weighted by Crippen LogP contribution is -2.48. The highest BCUT2D eigenvalue weighted by atomic mass is 16.5. The Hall–Kier alpha value is -1.06. The second kappa shape index (κ2) is 6.15. The van der Waals surface area contributed by atoms with E-state index in [1.807, 2.05) is 0 Å². The molecule has 1 aromatic rings. The van der Waals surface area contributed by atoms with E-state index in [9.17, 15) is 0 Å². The largest absolute Gasteiger partial charge is 0.372 e. The van der Waals surface area contributed by atoms with Gasteiger partial charge in [0.15, 0.2) is 0 Å². The van der Waals surface area contributed by atoms with E-state index < -0.39 is 0 Å². The van der Waals surface area contributed by atoms with Crippen LogP contribution in [0.3, 0.4) is 0 Å². The van der Waals surface area contributed by atoms with Gasteiger partial charge in [-0.3, -0.25) is 0 Å². The fourth-order valence-electron chi connectivity index (χ4n) is 2.63. The summed E-state index contributed by atoms with van der Waals surface area (Å²) < 4.78 is 5.78.